The Balaban J connectivity index is 2.05. The van der Waals surface area contributed by atoms with Crippen LogP contribution in [0, 0.1) is 0 Å². The molecule has 21 heavy (non-hydrogen) atoms. The number of carbonyl (C=O) groups excluding carboxylic acids is 1. The number of methoxy groups -OCH3 is 2. The molecule has 1 N–H and O–H groups in total. The average molecular weight is 284 g/mol. The maximum Gasteiger partial charge on any atom is 0.271 e. The van der Waals surface area contributed by atoms with Gasteiger partial charge in [-0.3, -0.25) is 4.79 Å². The van der Waals surface area contributed by atoms with Crippen LogP contribution >= 0.6 is 0 Å². The van der Waals surface area contributed by atoms with Crippen LogP contribution in [0.1, 0.15) is 15.9 Å². The third kappa shape index (κ3) is 3.82. The number of nitrogens with one attached hydrogen (secondary N) is 1. The van der Waals surface area contributed by atoms with E-state index >= 15 is 0 Å². The van der Waals surface area contributed by atoms with Crippen LogP contribution in [0.15, 0.2) is 53.6 Å². The van der Waals surface area contributed by atoms with Gasteiger partial charge in [0.2, 0.25) is 0 Å². The molecule has 1 amide bonds. The number of hydrogen-bond donors (Lipinski definition) is 1. The quantitative estimate of drug-likeness (QED) is 0.677. The highest BCUT2D eigenvalue weighted by Crippen LogP contribution is 2.27. The van der Waals surface area contributed by atoms with E-state index in [0.717, 1.165) is 5.56 Å². The SMILES string of the molecule is COc1ccc(C(=O)N/N=C\c2ccccc2)cc1OC. The standard InChI is InChI=1S/C16H16N2O3/c1-20-14-9-8-13(10-15(14)21-2)16(19)18-17-11-12-6-4-3-5-7-12/h3-11H,1-2H3,(H,18,19)/b17-11-. The lowest BCUT2D eigenvalue weighted by Crippen LogP contribution is -2.17. The van der Waals surface area contributed by atoms with Crippen LogP contribution in [0.5, 0.6) is 11.5 Å². The van der Waals surface area contributed by atoms with Crippen LogP contribution in [0.2, 0.25) is 0 Å². The smallest absolute Gasteiger partial charge is 0.271 e. The van der Waals surface area contributed by atoms with Gasteiger partial charge in [0.25, 0.3) is 5.91 Å². The van der Waals surface area contributed by atoms with Crippen LogP contribution in [0.25, 0.3) is 0 Å². The highest BCUT2D eigenvalue weighted by molar-refractivity contribution is 5.95. The third-order valence-corrected chi connectivity index (χ3v) is 2.83. The Morgan fingerprint density at radius 3 is 2.43 bits per heavy atom. The summed E-state index contributed by atoms with van der Waals surface area (Å²) in [4.78, 5) is 12.0. The van der Waals surface area contributed by atoms with Gasteiger partial charge in [-0.05, 0) is 23.8 Å². The molecule has 5 heteroatoms. The zero-order chi connectivity index (χ0) is 15.1. The number of rotatable bonds is 5. The summed E-state index contributed by atoms with van der Waals surface area (Å²) in [5.74, 6) is 0.752. The molecule has 0 heterocycles. The fourth-order valence-electron chi connectivity index (χ4n) is 1.75. The van der Waals surface area contributed by atoms with E-state index < -0.39 is 0 Å². The Kier molecular flexibility index (Phi) is 4.93. The number of nitrogens with zero attached hydrogens (tertiary/aromatic N) is 1. The topological polar surface area (TPSA) is 59.9 Å². The lowest BCUT2D eigenvalue weighted by atomic mass is 10.2. The van der Waals surface area contributed by atoms with Crippen LogP contribution in [0.4, 0.5) is 0 Å². The number of amides is 1. The van der Waals surface area contributed by atoms with Crippen LogP contribution in [-0.2, 0) is 0 Å². The van der Waals surface area contributed by atoms with E-state index in [1.807, 2.05) is 30.3 Å². The van der Waals surface area contributed by atoms with Gasteiger partial charge >= 0.3 is 0 Å². The Labute approximate surface area is 123 Å². The molecule has 0 bridgehead atoms. The molecular formula is C16H16N2O3. The van der Waals surface area contributed by atoms with Crippen molar-refractivity contribution in [3.8, 4) is 11.5 Å². The third-order valence-electron chi connectivity index (χ3n) is 2.83. The van der Waals surface area contributed by atoms with Gasteiger partial charge in [0, 0.05) is 5.56 Å². The predicted octanol–water partition coefficient (Wildman–Crippen LogP) is 2.47. The molecule has 5 nitrogen and oxygen atoms in total. The number of benzene rings is 2. The summed E-state index contributed by atoms with van der Waals surface area (Å²) in [6, 6.07) is 14.4. The number of hydrazone groups is 1. The first-order chi connectivity index (χ1) is 10.2. The van der Waals surface area contributed by atoms with Crippen molar-refractivity contribution in [2.45, 2.75) is 0 Å². The van der Waals surface area contributed by atoms with Gasteiger partial charge < -0.3 is 9.47 Å². The minimum absolute atomic E-state index is 0.317. The minimum Gasteiger partial charge on any atom is -0.493 e. The number of carbonyl (C=O) groups is 1. The first-order valence-electron chi connectivity index (χ1n) is 6.35. The highest BCUT2D eigenvalue weighted by Gasteiger charge is 2.09. The second-order valence-electron chi connectivity index (χ2n) is 4.18. The Hall–Kier alpha value is -2.82. The van der Waals surface area contributed by atoms with E-state index in [1.54, 1.807) is 31.5 Å². The molecule has 0 unspecified atom stereocenters. The summed E-state index contributed by atoms with van der Waals surface area (Å²) in [6.45, 7) is 0. The Bertz CT molecular complexity index is 639. The van der Waals surface area contributed by atoms with Crippen molar-refractivity contribution in [3.63, 3.8) is 0 Å². The average Bonchev–Trinajstić information content (AvgIpc) is 2.55. The van der Waals surface area contributed by atoms with Gasteiger partial charge in [0.05, 0.1) is 20.4 Å². The second-order valence-corrected chi connectivity index (χ2v) is 4.18. The number of ether oxygens (including phenoxy) is 2. The largest absolute Gasteiger partial charge is 0.493 e. The Morgan fingerprint density at radius 1 is 1.05 bits per heavy atom. The van der Waals surface area contributed by atoms with Crippen LogP contribution < -0.4 is 14.9 Å². The molecule has 0 saturated heterocycles. The van der Waals surface area contributed by atoms with E-state index in [0.29, 0.717) is 17.1 Å². The van der Waals surface area contributed by atoms with Crippen molar-refractivity contribution in [2.75, 3.05) is 14.2 Å². The molecule has 0 aliphatic carbocycles. The molecular weight excluding hydrogens is 268 g/mol. The molecule has 2 aromatic carbocycles. The van der Waals surface area contributed by atoms with Crippen LogP contribution in [0.3, 0.4) is 0 Å². The first kappa shape index (κ1) is 14.6. The first-order valence-corrected chi connectivity index (χ1v) is 6.35. The van der Waals surface area contributed by atoms with E-state index in [-0.39, 0.29) is 5.91 Å². The van der Waals surface area contributed by atoms with Gasteiger partial charge in [-0.1, -0.05) is 30.3 Å². The minimum atomic E-state index is -0.317. The molecule has 2 aromatic rings. The van der Waals surface area contributed by atoms with Crippen molar-refractivity contribution >= 4 is 12.1 Å². The summed E-state index contributed by atoms with van der Waals surface area (Å²) >= 11 is 0. The predicted molar refractivity (Wildman–Crippen MR) is 81.0 cm³/mol. The van der Waals surface area contributed by atoms with Crippen molar-refractivity contribution < 1.29 is 14.3 Å². The van der Waals surface area contributed by atoms with E-state index in [1.165, 1.54) is 7.11 Å². The van der Waals surface area contributed by atoms with Gasteiger partial charge in [-0.25, -0.2) is 5.43 Å². The summed E-state index contributed by atoms with van der Waals surface area (Å²) in [6.07, 6.45) is 1.58. The molecule has 0 aromatic heterocycles. The zero-order valence-electron chi connectivity index (χ0n) is 11.9. The summed E-state index contributed by atoms with van der Waals surface area (Å²) in [7, 11) is 3.06. The molecule has 0 saturated carbocycles. The van der Waals surface area contributed by atoms with Crippen molar-refractivity contribution in [3.05, 3.63) is 59.7 Å². The number of hydrogen-bond acceptors (Lipinski definition) is 4. The van der Waals surface area contributed by atoms with Gasteiger partial charge in [-0.2, -0.15) is 5.10 Å². The van der Waals surface area contributed by atoms with Gasteiger partial charge in [0.1, 0.15) is 0 Å². The van der Waals surface area contributed by atoms with E-state index in [2.05, 4.69) is 10.5 Å². The monoisotopic (exact) mass is 284 g/mol. The van der Waals surface area contributed by atoms with Crippen molar-refractivity contribution in [2.24, 2.45) is 5.10 Å². The fourth-order valence-corrected chi connectivity index (χ4v) is 1.75. The zero-order valence-corrected chi connectivity index (χ0v) is 11.9. The molecule has 0 aliphatic rings. The summed E-state index contributed by atoms with van der Waals surface area (Å²) < 4.78 is 10.3. The molecule has 2 rings (SSSR count). The fraction of sp³-hybridized carbons (Fsp3) is 0.125. The molecule has 0 atom stereocenters. The second kappa shape index (κ2) is 7.09. The maximum absolute atomic E-state index is 12.0. The lowest BCUT2D eigenvalue weighted by molar-refractivity contribution is 0.0954. The van der Waals surface area contributed by atoms with Gasteiger partial charge in [0.15, 0.2) is 11.5 Å². The summed E-state index contributed by atoms with van der Waals surface area (Å²) in [5.41, 5.74) is 3.82. The normalized spacial score (nSPS) is 10.4. The van der Waals surface area contributed by atoms with Crippen molar-refractivity contribution in [1.29, 1.82) is 0 Å². The maximum atomic E-state index is 12.0. The van der Waals surface area contributed by atoms with Crippen molar-refractivity contribution in [1.82, 2.24) is 5.43 Å². The van der Waals surface area contributed by atoms with Gasteiger partial charge in [-0.15, -0.1) is 0 Å². The highest BCUT2D eigenvalue weighted by atomic mass is 16.5. The molecule has 0 spiro atoms. The lowest BCUT2D eigenvalue weighted by Gasteiger charge is -2.08. The molecule has 108 valence electrons. The molecule has 0 aliphatic heterocycles. The molecule has 0 radical (unpaired) electrons. The van der Waals surface area contributed by atoms with E-state index in [9.17, 15) is 4.79 Å². The molecule has 0 fully saturated rings. The Morgan fingerprint density at radius 2 is 1.76 bits per heavy atom. The van der Waals surface area contributed by atoms with E-state index in [4.69, 9.17) is 9.47 Å². The van der Waals surface area contributed by atoms with Crippen LogP contribution in [-0.4, -0.2) is 26.3 Å². The summed E-state index contributed by atoms with van der Waals surface area (Å²) in [5, 5.41) is 3.92.